The molecule has 3 aromatic carbocycles. The topological polar surface area (TPSA) is 106 Å². The molecule has 3 aromatic rings. The standard InChI is InChI=1S/C25H24N4O4/c1-29(25(26)31)17-11-9-16(10-12-17)27-23(15-7-5-4-6-8-15)22-18-13-20(32-2)21(33-3)14-19(18)28-24(22)30/h4-14,22H,1-3H3,(H2,26,31)(H,28,30). The number of carbonyl (C=O) groups excluding carboxylic acids is 2. The van der Waals surface area contributed by atoms with Crippen molar-refractivity contribution in [3.05, 3.63) is 77.9 Å². The van der Waals surface area contributed by atoms with Crippen molar-refractivity contribution >= 4 is 34.7 Å². The molecule has 0 saturated heterocycles. The quantitative estimate of drug-likeness (QED) is 0.559. The van der Waals surface area contributed by atoms with E-state index >= 15 is 0 Å². The zero-order valence-corrected chi connectivity index (χ0v) is 18.5. The number of ether oxygens (including phenoxy) is 2. The zero-order valence-electron chi connectivity index (χ0n) is 18.5. The molecule has 1 atom stereocenters. The van der Waals surface area contributed by atoms with Gasteiger partial charge in [-0.1, -0.05) is 30.3 Å². The summed E-state index contributed by atoms with van der Waals surface area (Å²) in [6.07, 6.45) is 0. The number of primary amides is 1. The third-order valence-corrected chi connectivity index (χ3v) is 5.55. The first-order valence-corrected chi connectivity index (χ1v) is 10.3. The molecular formula is C25H24N4O4. The number of rotatable bonds is 6. The van der Waals surface area contributed by atoms with Crippen molar-refractivity contribution in [2.75, 3.05) is 31.5 Å². The van der Waals surface area contributed by atoms with Crippen LogP contribution in [0.5, 0.6) is 11.5 Å². The summed E-state index contributed by atoms with van der Waals surface area (Å²) in [5.74, 6) is 0.233. The highest BCUT2D eigenvalue weighted by Gasteiger charge is 2.36. The molecule has 33 heavy (non-hydrogen) atoms. The number of anilines is 2. The Labute approximate surface area is 191 Å². The van der Waals surface area contributed by atoms with E-state index in [1.54, 1.807) is 57.7 Å². The molecule has 1 heterocycles. The lowest BCUT2D eigenvalue weighted by atomic mass is 9.90. The third kappa shape index (κ3) is 4.23. The molecule has 1 aliphatic rings. The number of nitrogens with one attached hydrogen (secondary N) is 1. The van der Waals surface area contributed by atoms with E-state index in [1.165, 1.54) is 4.90 Å². The molecule has 0 saturated carbocycles. The van der Waals surface area contributed by atoms with Gasteiger partial charge in [-0.25, -0.2) is 4.79 Å². The van der Waals surface area contributed by atoms with Crippen LogP contribution in [0, 0.1) is 0 Å². The van der Waals surface area contributed by atoms with Crippen LogP contribution < -0.4 is 25.4 Å². The number of amides is 3. The van der Waals surface area contributed by atoms with Crippen molar-refractivity contribution in [1.82, 2.24) is 0 Å². The molecular weight excluding hydrogens is 420 g/mol. The second kappa shape index (κ2) is 9.04. The predicted molar refractivity (Wildman–Crippen MR) is 128 cm³/mol. The van der Waals surface area contributed by atoms with Crippen molar-refractivity contribution in [2.24, 2.45) is 10.7 Å². The van der Waals surface area contributed by atoms with Gasteiger partial charge in [0.1, 0.15) is 5.92 Å². The number of fused-ring (bicyclic) bond motifs is 1. The van der Waals surface area contributed by atoms with Gasteiger partial charge in [0.25, 0.3) is 0 Å². The van der Waals surface area contributed by atoms with E-state index in [9.17, 15) is 9.59 Å². The number of nitrogens with two attached hydrogens (primary N) is 1. The van der Waals surface area contributed by atoms with Crippen molar-refractivity contribution < 1.29 is 19.1 Å². The largest absolute Gasteiger partial charge is 0.493 e. The fourth-order valence-electron chi connectivity index (χ4n) is 3.78. The SMILES string of the molecule is COc1cc2c(cc1OC)C(C(=Nc1ccc(N(C)C(N)=O)cc1)c1ccccc1)C(=O)N2. The van der Waals surface area contributed by atoms with Gasteiger partial charge in [0.2, 0.25) is 5.91 Å². The van der Waals surface area contributed by atoms with E-state index in [0.717, 1.165) is 11.1 Å². The Morgan fingerprint density at radius 3 is 2.24 bits per heavy atom. The maximum Gasteiger partial charge on any atom is 0.318 e. The molecule has 0 radical (unpaired) electrons. The van der Waals surface area contributed by atoms with E-state index in [2.05, 4.69) is 5.32 Å². The van der Waals surface area contributed by atoms with E-state index < -0.39 is 11.9 Å². The Balaban J connectivity index is 1.82. The second-order valence-corrected chi connectivity index (χ2v) is 7.49. The van der Waals surface area contributed by atoms with E-state index in [4.69, 9.17) is 20.2 Å². The molecule has 0 spiro atoms. The van der Waals surface area contributed by atoms with Crippen molar-refractivity contribution in [1.29, 1.82) is 0 Å². The van der Waals surface area contributed by atoms with Gasteiger partial charge in [0.15, 0.2) is 11.5 Å². The lowest BCUT2D eigenvalue weighted by Crippen LogP contribution is -2.31. The summed E-state index contributed by atoms with van der Waals surface area (Å²) in [5.41, 5.74) is 9.45. The van der Waals surface area contributed by atoms with Gasteiger partial charge in [0, 0.05) is 24.5 Å². The number of nitrogens with zero attached hydrogens (tertiary/aromatic N) is 2. The minimum absolute atomic E-state index is 0.187. The zero-order chi connectivity index (χ0) is 23.5. The Hall–Kier alpha value is -4.33. The first kappa shape index (κ1) is 21.9. The molecule has 8 nitrogen and oxygen atoms in total. The molecule has 0 aliphatic carbocycles. The number of urea groups is 1. The molecule has 3 amide bonds. The first-order chi connectivity index (χ1) is 15.9. The molecule has 3 N–H and O–H groups in total. The number of hydrogen-bond acceptors (Lipinski definition) is 5. The molecule has 168 valence electrons. The summed E-state index contributed by atoms with van der Waals surface area (Å²) >= 11 is 0. The molecule has 0 fully saturated rings. The van der Waals surface area contributed by atoms with Crippen molar-refractivity contribution in [2.45, 2.75) is 5.92 Å². The van der Waals surface area contributed by atoms with Gasteiger partial charge in [0.05, 0.1) is 25.6 Å². The van der Waals surface area contributed by atoms with Crippen LogP contribution in [-0.2, 0) is 4.79 Å². The molecule has 1 unspecified atom stereocenters. The monoisotopic (exact) mass is 444 g/mol. The molecule has 0 aromatic heterocycles. The van der Waals surface area contributed by atoms with Crippen LogP contribution in [0.3, 0.4) is 0 Å². The highest BCUT2D eigenvalue weighted by molar-refractivity contribution is 6.24. The molecule has 4 rings (SSSR count). The minimum atomic E-state index is -0.643. The predicted octanol–water partition coefficient (Wildman–Crippen LogP) is 4.08. The van der Waals surface area contributed by atoms with Gasteiger partial charge in [-0.15, -0.1) is 0 Å². The summed E-state index contributed by atoms with van der Waals surface area (Å²) in [5, 5.41) is 2.93. The van der Waals surface area contributed by atoms with E-state index in [-0.39, 0.29) is 5.91 Å². The normalized spacial score (nSPS) is 14.9. The maximum atomic E-state index is 13.1. The van der Waals surface area contributed by atoms with Crippen LogP contribution in [0.2, 0.25) is 0 Å². The Morgan fingerprint density at radius 2 is 1.64 bits per heavy atom. The fourth-order valence-corrected chi connectivity index (χ4v) is 3.78. The number of carbonyl (C=O) groups is 2. The summed E-state index contributed by atoms with van der Waals surface area (Å²) in [6, 6.07) is 19.6. The molecule has 8 heteroatoms. The Kier molecular flexibility index (Phi) is 5.99. The lowest BCUT2D eigenvalue weighted by molar-refractivity contribution is -0.115. The summed E-state index contributed by atoms with van der Waals surface area (Å²) in [4.78, 5) is 30.7. The van der Waals surface area contributed by atoms with Crippen LogP contribution in [0.25, 0.3) is 0 Å². The summed E-state index contributed by atoms with van der Waals surface area (Å²) in [6.45, 7) is 0. The van der Waals surface area contributed by atoms with Crippen LogP contribution in [0.4, 0.5) is 21.9 Å². The van der Waals surface area contributed by atoms with Crippen molar-refractivity contribution in [3.8, 4) is 11.5 Å². The van der Waals surface area contributed by atoms with Gasteiger partial charge in [-0.3, -0.25) is 14.7 Å². The highest BCUT2D eigenvalue weighted by Crippen LogP contribution is 2.42. The van der Waals surface area contributed by atoms with Crippen molar-refractivity contribution in [3.63, 3.8) is 0 Å². The minimum Gasteiger partial charge on any atom is -0.493 e. The Morgan fingerprint density at radius 1 is 1.00 bits per heavy atom. The number of benzene rings is 3. The van der Waals surface area contributed by atoms with E-state index in [1.807, 2.05) is 30.3 Å². The van der Waals surface area contributed by atoms with Crippen LogP contribution in [-0.4, -0.2) is 38.9 Å². The maximum absolute atomic E-state index is 13.1. The lowest BCUT2D eigenvalue weighted by Gasteiger charge is -2.16. The first-order valence-electron chi connectivity index (χ1n) is 10.3. The average Bonchev–Trinajstić information content (AvgIpc) is 3.16. The number of methoxy groups -OCH3 is 2. The highest BCUT2D eigenvalue weighted by atomic mass is 16.5. The average molecular weight is 444 g/mol. The van der Waals surface area contributed by atoms with Gasteiger partial charge in [-0.2, -0.15) is 0 Å². The fraction of sp³-hybridized carbons (Fsp3) is 0.160. The second-order valence-electron chi connectivity index (χ2n) is 7.49. The van der Waals surface area contributed by atoms with E-state index in [0.29, 0.717) is 34.3 Å². The summed E-state index contributed by atoms with van der Waals surface area (Å²) < 4.78 is 10.8. The summed E-state index contributed by atoms with van der Waals surface area (Å²) in [7, 11) is 4.70. The Bertz CT molecular complexity index is 1220. The molecule has 0 bridgehead atoms. The van der Waals surface area contributed by atoms with Crippen LogP contribution in [0.15, 0.2) is 71.7 Å². The van der Waals surface area contributed by atoms with Gasteiger partial charge >= 0.3 is 6.03 Å². The molecule has 1 aliphatic heterocycles. The van der Waals surface area contributed by atoms with Crippen LogP contribution in [0.1, 0.15) is 17.0 Å². The van der Waals surface area contributed by atoms with Gasteiger partial charge in [-0.05, 0) is 41.5 Å². The third-order valence-electron chi connectivity index (χ3n) is 5.55. The van der Waals surface area contributed by atoms with Gasteiger partial charge < -0.3 is 20.5 Å². The number of aliphatic imine (C=N–C) groups is 1. The van der Waals surface area contributed by atoms with Crippen LogP contribution >= 0.6 is 0 Å². The smallest absolute Gasteiger partial charge is 0.318 e. The number of hydrogen-bond donors (Lipinski definition) is 2.